The highest BCUT2D eigenvalue weighted by atomic mass is 19.4. The van der Waals surface area contributed by atoms with Gasteiger partial charge in [-0.3, -0.25) is 9.78 Å². The molecule has 3 heterocycles. The van der Waals surface area contributed by atoms with Gasteiger partial charge in [-0.2, -0.15) is 18.3 Å². The van der Waals surface area contributed by atoms with Crippen molar-refractivity contribution in [2.75, 3.05) is 12.4 Å². The number of carbonyl (C=O) groups excluding carboxylic acids is 1. The van der Waals surface area contributed by atoms with Crippen molar-refractivity contribution >= 4 is 22.5 Å². The molecule has 3 aromatic heterocycles. The molecule has 0 fully saturated rings. The monoisotopic (exact) mass is 414 g/mol. The number of pyridine rings is 1. The fourth-order valence-electron chi connectivity index (χ4n) is 2.89. The maximum Gasteiger partial charge on any atom is 0.434 e. The van der Waals surface area contributed by atoms with Crippen LogP contribution in [0.1, 0.15) is 16.1 Å². The molecule has 11 heteroatoms. The van der Waals surface area contributed by atoms with E-state index in [1.54, 1.807) is 30.3 Å². The largest absolute Gasteiger partial charge is 0.480 e. The fourth-order valence-corrected chi connectivity index (χ4v) is 2.89. The zero-order valence-electron chi connectivity index (χ0n) is 15.4. The van der Waals surface area contributed by atoms with E-state index < -0.39 is 23.3 Å². The SMILES string of the molecule is COc1ccc(-n2ncc(C(=O)Nc3cccc4cccnc34)c2C(F)(F)F)nn1. The Kier molecular flexibility index (Phi) is 4.78. The molecule has 1 amide bonds. The summed E-state index contributed by atoms with van der Waals surface area (Å²) in [6.45, 7) is 0. The minimum atomic E-state index is -4.87. The van der Waals surface area contributed by atoms with Crippen LogP contribution in [0.25, 0.3) is 16.7 Å². The first-order chi connectivity index (χ1) is 14.4. The second-order valence-electron chi connectivity index (χ2n) is 6.09. The highest BCUT2D eigenvalue weighted by Crippen LogP contribution is 2.34. The van der Waals surface area contributed by atoms with Gasteiger partial charge in [0, 0.05) is 17.6 Å². The van der Waals surface area contributed by atoms with Crippen molar-refractivity contribution < 1.29 is 22.7 Å². The van der Waals surface area contributed by atoms with E-state index in [9.17, 15) is 18.0 Å². The summed E-state index contributed by atoms with van der Waals surface area (Å²) in [5.74, 6) is -1.07. The van der Waals surface area contributed by atoms with Crippen molar-refractivity contribution in [3.63, 3.8) is 0 Å². The van der Waals surface area contributed by atoms with Gasteiger partial charge in [0.15, 0.2) is 11.5 Å². The zero-order chi connectivity index (χ0) is 21.3. The van der Waals surface area contributed by atoms with E-state index in [-0.39, 0.29) is 17.4 Å². The second kappa shape index (κ2) is 7.43. The number of carbonyl (C=O) groups is 1. The molecule has 0 aliphatic heterocycles. The maximum absolute atomic E-state index is 13.8. The lowest BCUT2D eigenvalue weighted by atomic mass is 10.1. The maximum atomic E-state index is 13.8. The van der Waals surface area contributed by atoms with Gasteiger partial charge in [-0.1, -0.05) is 18.2 Å². The Balaban J connectivity index is 1.74. The number of nitrogens with one attached hydrogen (secondary N) is 1. The van der Waals surface area contributed by atoms with Crippen LogP contribution in [-0.2, 0) is 6.18 Å². The molecule has 0 aliphatic rings. The van der Waals surface area contributed by atoms with Gasteiger partial charge in [0.1, 0.15) is 0 Å². The van der Waals surface area contributed by atoms with E-state index >= 15 is 0 Å². The molecule has 1 N–H and O–H groups in total. The van der Waals surface area contributed by atoms with E-state index in [1.807, 2.05) is 0 Å². The third-order valence-electron chi connectivity index (χ3n) is 4.22. The zero-order valence-corrected chi connectivity index (χ0v) is 15.4. The number of fused-ring (bicyclic) bond motifs is 1. The Morgan fingerprint density at radius 2 is 1.90 bits per heavy atom. The smallest absolute Gasteiger partial charge is 0.434 e. The van der Waals surface area contributed by atoms with Gasteiger partial charge >= 0.3 is 6.18 Å². The number of alkyl halides is 3. The molecular weight excluding hydrogens is 401 g/mol. The number of hydrogen-bond acceptors (Lipinski definition) is 6. The van der Waals surface area contributed by atoms with E-state index in [2.05, 4.69) is 25.6 Å². The van der Waals surface area contributed by atoms with Gasteiger partial charge in [0.2, 0.25) is 5.88 Å². The predicted octanol–water partition coefficient (Wildman–Crippen LogP) is 3.49. The number of benzene rings is 1. The molecule has 4 rings (SSSR count). The first kappa shape index (κ1) is 19.3. The van der Waals surface area contributed by atoms with Crippen molar-refractivity contribution in [2.24, 2.45) is 0 Å². The molecule has 0 radical (unpaired) electrons. The summed E-state index contributed by atoms with van der Waals surface area (Å²) in [5, 5.41) is 14.2. The highest BCUT2D eigenvalue weighted by Gasteiger charge is 2.41. The lowest BCUT2D eigenvalue weighted by molar-refractivity contribution is -0.143. The molecule has 1 aromatic carbocycles. The number of nitrogens with zero attached hydrogens (tertiary/aromatic N) is 5. The Labute approximate surface area is 167 Å². The molecule has 0 unspecified atom stereocenters. The number of anilines is 1. The van der Waals surface area contributed by atoms with Crippen LogP contribution >= 0.6 is 0 Å². The van der Waals surface area contributed by atoms with Crippen LogP contribution in [0.15, 0.2) is 54.9 Å². The molecular formula is C19H13F3N6O2. The summed E-state index contributed by atoms with van der Waals surface area (Å²) in [6.07, 6.45) is -2.51. The van der Waals surface area contributed by atoms with Crippen LogP contribution in [0, 0.1) is 0 Å². The van der Waals surface area contributed by atoms with E-state index in [4.69, 9.17) is 4.74 Å². The van der Waals surface area contributed by atoms with Gasteiger partial charge in [-0.15, -0.1) is 10.2 Å². The predicted molar refractivity (Wildman–Crippen MR) is 100 cm³/mol. The van der Waals surface area contributed by atoms with Crippen LogP contribution in [0.2, 0.25) is 0 Å². The number of rotatable bonds is 4. The first-order valence-electron chi connectivity index (χ1n) is 8.57. The summed E-state index contributed by atoms with van der Waals surface area (Å²) in [6, 6.07) is 11.1. The standard InChI is InChI=1S/C19H13F3N6O2/c1-30-15-8-7-14(26-27-15)28-17(19(20,21)22)12(10-24-28)18(29)25-13-6-2-4-11-5-3-9-23-16(11)13/h2-10H,1H3,(H,25,29). The Bertz CT molecular complexity index is 1220. The van der Waals surface area contributed by atoms with Gasteiger partial charge < -0.3 is 10.1 Å². The minimum absolute atomic E-state index is 0.126. The molecule has 152 valence electrons. The van der Waals surface area contributed by atoms with Crippen LogP contribution < -0.4 is 10.1 Å². The van der Waals surface area contributed by atoms with Gasteiger partial charge in [0.05, 0.1) is 30.1 Å². The lowest BCUT2D eigenvalue weighted by Crippen LogP contribution is -2.21. The van der Waals surface area contributed by atoms with Gasteiger partial charge in [-0.05, 0) is 18.2 Å². The first-order valence-corrected chi connectivity index (χ1v) is 8.57. The number of halogens is 3. The van der Waals surface area contributed by atoms with Crippen LogP contribution in [0.5, 0.6) is 5.88 Å². The van der Waals surface area contributed by atoms with Crippen LogP contribution in [0.4, 0.5) is 18.9 Å². The summed E-state index contributed by atoms with van der Waals surface area (Å²) in [4.78, 5) is 16.9. The molecule has 0 saturated heterocycles. The van der Waals surface area contributed by atoms with Crippen molar-refractivity contribution in [3.8, 4) is 11.7 Å². The second-order valence-corrected chi connectivity index (χ2v) is 6.09. The number of amides is 1. The van der Waals surface area contributed by atoms with E-state index in [0.29, 0.717) is 10.2 Å². The van der Waals surface area contributed by atoms with Crippen LogP contribution in [-0.4, -0.2) is 38.0 Å². The molecule has 8 nitrogen and oxygen atoms in total. The summed E-state index contributed by atoms with van der Waals surface area (Å²) in [7, 11) is 1.35. The summed E-state index contributed by atoms with van der Waals surface area (Å²) in [5.41, 5.74) is -1.20. The average Bonchev–Trinajstić information content (AvgIpc) is 3.20. The molecule has 0 atom stereocenters. The molecule has 0 bridgehead atoms. The normalized spacial score (nSPS) is 11.5. The minimum Gasteiger partial charge on any atom is -0.480 e. The number of methoxy groups -OCH3 is 1. The van der Waals surface area contributed by atoms with Crippen LogP contribution in [0.3, 0.4) is 0 Å². The molecule has 30 heavy (non-hydrogen) atoms. The quantitative estimate of drug-likeness (QED) is 0.549. The Morgan fingerprint density at radius 3 is 2.60 bits per heavy atom. The van der Waals surface area contributed by atoms with Crippen molar-refractivity contribution in [3.05, 3.63) is 66.1 Å². The fraction of sp³-hybridized carbons (Fsp3) is 0.105. The van der Waals surface area contributed by atoms with E-state index in [0.717, 1.165) is 11.6 Å². The molecule has 0 spiro atoms. The van der Waals surface area contributed by atoms with Crippen molar-refractivity contribution in [1.29, 1.82) is 0 Å². The van der Waals surface area contributed by atoms with Crippen molar-refractivity contribution in [1.82, 2.24) is 25.0 Å². The highest BCUT2D eigenvalue weighted by molar-refractivity contribution is 6.08. The van der Waals surface area contributed by atoms with Gasteiger partial charge in [-0.25, -0.2) is 4.68 Å². The topological polar surface area (TPSA) is 94.8 Å². The third-order valence-corrected chi connectivity index (χ3v) is 4.22. The Morgan fingerprint density at radius 1 is 1.10 bits per heavy atom. The number of aromatic nitrogens is 5. The molecule has 0 aliphatic carbocycles. The number of hydrogen-bond donors (Lipinski definition) is 1. The lowest BCUT2D eigenvalue weighted by Gasteiger charge is -2.12. The summed E-state index contributed by atoms with van der Waals surface area (Å²) < 4.78 is 46.8. The van der Waals surface area contributed by atoms with Crippen molar-refractivity contribution in [2.45, 2.75) is 6.18 Å². The summed E-state index contributed by atoms with van der Waals surface area (Å²) >= 11 is 0. The molecule has 0 saturated carbocycles. The third kappa shape index (κ3) is 3.52. The van der Waals surface area contributed by atoms with Gasteiger partial charge in [0.25, 0.3) is 5.91 Å². The van der Waals surface area contributed by atoms with E-state index in [1.165, 1.54) is 25.4 Å². The average molecular weight is 414 g/mol. The number of ether oxygens (including phenoxy) is 1. The molecule has 4 aromatic rings. The number of para-hydroxylation sites is 1. The Hall–Kier alpha value is -4.02.